The van der Waals surface area contributed by atoms with Crippen LogP contribution in [0.15, 0.2) is 30.3 Å². The predicted octanol–water partition coefficient (Wildman–Crippen LogP) is 2.91. The average Bonchev–Trinajstić information content (AvgIpc) is 2.27. The molecule has 2 heteroatoms. The zero-order valence-electron chi connectivity index (χ0n) is 9.99. The van der Waals surface area contributed by atoms with Gasteiger partial charge in [0, 0.05) is 6.42 Å². The molecule has 0 fully saturated rings. The van der Waals surface area contributed by atoms with Crippen molar-refractivity contribution in [1.29, 1.82) is 0 Å². The van der Waals surface area contributed by atoms with Crippen LogP contribution in [0.4, 0.5) is 0 Å². The number of hydrogen-bond donors (Lipinski definition) is 1. The Kier molecular flexibility index (Phi) is 5.62. The lowest BCUT2D eigenvalue weighted by Crippen LogP contribution is -2.16. The highest BCUT2D eigenvalue weighted by Gasteiger charge is 2.10. The molecule has 1 unspecified atom stereocenters. The fourth-order valence-electron chi connectivity index (χ4n) is 2.06. The Labute approximate surface area is 97.9 Å². The second kappa shape index (κ2) is 7.04. The summed E-state index contributed by atoms with van der Waals surface area (Å²) in [6.45, 7) is 2.15. The fraction of sp³-hybridized carbons (Fsp3) is 0.500. The second-order valence-electron chi connectivity index (χ2n) is 4.35. The van der Waals surface area contributed by atoms with Gasteiger partial charge in [0.1, 0.15) is 0 Å². The molecule has 1 rings (SSSR count). The van der Waals surface area contributed by atoms with E-state index in [1.807, 2.05) is 6.07 Å². The molecule has 1 aromatic rings. The highest BCUT2D eigenvalue weighted by atomic mass is 16.1. The monoisotopic (exact) mass is 219 g/mol. The summed E-state index contributed by atoms with van der Waals surface area (Å²) in [6.07, 6.45) is 4.84. The van der Waals surface area contributed by atoms with E-state index in [1.54, 1.807) is 0 Å². The molecule has 0 spiro atoms. The number of rotatable bonds is 7. The van der Waals surface area contributed by atoms with Gasteiger partial charge < -0.3 is 5.73 Å². The van der Waals surface area contributed by atoms with Crippen LogP contribution in [0.2, 0.25) is 0 Å². The van der Waals surface area contributed by atoms with E-state index in [0.717, 1.165) is 25.7 Å². The Morgan fingerprint density at radius 2 is 1.94 bits per heavy atom. The minimum absolute atomic E-state index is 0.175. The summed E-state index contributed by atoms with van der Waals surface area (Å²) in [4.78, 5) is 10.9. The van der Waals surface area contributed by atoms with Gasteiger partial charge in [-0.25, -0.2) is 0 Å². The second-order valence-corrected chi connectivity index (χ2v) is 4.35. The van der Waals surface area contributed by atoms with E-state index in [2.05, 4.69) is 31.2 Å². The van der Waals surface area contributed by atoms with E-state index in [9.17, 15) is 4.79 Å². The van der Waals surface area contributed by atoms with Crippen LogP contribution < -0.4 is 5.73 Å². The third-order valence-corrected chi connectivity index (χ3v) is 2.87. The van der Waals surface area contributed by atoms with Crippen LogP contribution >= 0.6 is 0 Å². The molecule has 0 aliphatic rings. The Hall–Kier alpha value is -1.31. The van der Waals surface area contributed by atoms with Gasteiger partial charge in [-0.2, -0.15) is 0 Å². The molecule has 1 aromatic carbocycles. The van der Waals surface area contributed by atoms with Crippen LogP contribution in [0, 0.1) is 5.92 Å². The maximum Gasteiger partial charge on any atom is 0.217 e. The van der Waals surface area contributed by atoms with Gasteiger partial charge in [0.05, 0.1) is 0 Å². The molecule has 0 saturated heterocycles. The molecule has 0 aliphatic heterocycles. The molecule has 2 nitrogen and oxygen atoms in total. The van der Waals surface area contributed by atoms with Gasteiger partial charge in [0.15, 0.2) is 0 Å². The minimum atomic E-state index is -0.175. The third kappa shape index (κ3) is 4.96. The summed E-state index contributed by atoms with van der Waals surface area (Å²) >= 11 is 0. The third-order valence-electron chi connectivity index (χ3n) is 2.87. The Morgan fingerprint density at radius 3 is 2.50 bits per heavy atom. The normalized spacial score (nSPS) is 12.3. The van der Waals surface area contributed by atoms with Crippen LogP contribution in [0.1, 0.15) is 38.2 Å². The highest BCUT2D eigenvalue weighted by Crippen LogP contribution is 2.18. The molecule has 0 saturated carbocycles. The number of benzene rings is 1. The largest absolute Gasteiger partial charge is 0.370 e. The lowest BCUT2D eigenvalue weighted by Gasteiger charge is -2.13. The molecule has 16 heavy (non-hydrogen) atoms. The molecule has 0 radical (unpaired) electrons. The number of primary amides is 1. The summed E-state index contributed by atoms with van der Waals surface area (Å²) in [5, 5.41) is 0. The number of amides is 1. The average molecular weight is 219 g/mol. The van der Waals surface area contributed by atoms with Crippen molar-refractivity contribution in [3.63, 3.8) is 0 Å². The van der Waals surface area contributed by atoms with Gasteiger partial charge in [-0.05, 0) is 24.3 Å². The summed E-state index contributed by atoms with van der Waals surface area (Å²) in [5.74, 6) is 0.272. The van der Waals surface area contributed by atoms with Crippen molar-refractivity contribution in [3.8, 4) is 0 Å². The molecule has 2 N–H and O–H groups in total. The Morgan fingerprint density at radius 1 is 1.25 bits per heavy atom. The Bertz CT molecular complexity index is 308. The molecule has 0 aliphatic carbocycles. The molecule has 0 bridgehead atoms. The van der Waals surface area contributed by atoms with Crippen LogP contribution in [0.3, 0.4) is 0 Å². The lowest BCUT2D eigenvalue weighted by atomic mass is 9.92. The first-order valence-corrected chi connectivity index (χ1v) is 6.04. The predicted molar refractivity (Wildman–Crippen MR) is 67.0 cm³/mol. The van der Waals surface area contributed by atoms with Crippen molar-refractivity contribution in [3.05, 3.63) is 35.9 Å². The number of aryl methyl sites for hydroxylation is 1. The number of hydrogen-bond acceptors (Lipinski definition) is 1. The fourth-order valence-corrected chi connectivity index (χ4v) is 2.06. The van der Waals surface area contributed by atoms with E-state index in [0.29, 0.717) is 12.3 Å². The molecule has 0 aromatic heterocycles. The number of carbonyl (C=O) groups excluding carboxylic acids is 1. The molecule has 0 heterocycles. The maximum absolute atomic E-state index is 10.9. The summed E-state index contributed by atoms with van der Waals surface area (Å²) in [5.41, 5.74) is 6.59. The summed E-state index contributed by atoms with van der Waals surface area (Å²) in [7, 11) is 0. The van der Waals surface area contributed by atoms with Crippen LogP contribution in [-0.4, -0.2) is 5.91 Å². The van der Waals surface area contributed by atoms with Gasteiger partial charge in [0.25, 0.3) is 0 Å². The molecular weight excluding hydrogens is 198 g/mol. The number of nitrogens with two attached hydrogens (primary N) is 1. The lowest BCUT2D eigenvalue weighted by molar-refractivity contribution is -0.119. The van der Waals surface area contributed by atoms with Crippen LogP contribution in [0.25, 0.3) is 0 Å². The summed E-state index contributed by atoms with van der Waals surface area (Å²) in [6, 6.07) is 10.4. The van der Waals surface area contributed by atoms with Crippen molar-refractivity contribution < 1.29 is 4.79 Å². The summed E-state index contributed by atoms with van der Waals surface area (Å²) < 4.78 is 0. The minimum Gasteiger partial charge on any atom is -0.370 e. The molecule has 88 valence electrons. The van der Waals surface area contributed by atoms with Crippen molar-refractivity contribution in [2.75, 3.05) is 0 Å². The first kappa shape index (κ1) is 12.8. The van der Waals surface area contributed by atoms with Gasteiger partial charge in [-0.3, -0.25) is 4.79 Å². The number of carbonyl (C=O) groups is 1. The SMILES string of the molecule is CCCC(CCc1ccccc1)CC(N)=O. The van der Waals surface area contributed by atoms with E-state index < -0.39 is 0 Å². The highest BCUT2D eigenvalue weighted by molar-refractivity contribution is 5.73. The maximum atomic E-state index is 10.9. The van der Waals surface area contributed by atoms with Crippen LogP contribution in [0.5, 0.6) is 0 Å². The van der Waals surface area contributed by atoms with Crippen LogP contribution in [-0.2, 0) is 11.2 Å². The van der Waals surface area contributed by atoms with Gasteiger partial charge in [-0.15, -0.1) is 0 Å². The van der Waals surface area contributed by atoms with Crippen molar-refractivity contribution in [2.45, 2.75) is 39.0 Å². The molecular formula is C14H21NO. The van der Waals surface area contributed by atoms with Gasteiger partial charge in [0.2, 0.25) is 5.91 Å². The van der Waals surface area contributed by atoms with E-state index >= 15 is 0 Å². The quantitative estimate of drug-likeness (QED) is 0.752. The zero-order chi connectivity index (χ0) is 11.8. The van der Waals surface area contributed by atoms with Crippen molar-refractivity contribution >= 4 is 5.91 Å². The smallest absolute Gasteiger partial charge is 0.217 e. The van der Waals surface area contributed by atoms with Gasteiger partial charge in [-0.1, -0.05) is 50.1 Å². The first-order chi connectivity index (χ1) is 7.72. The molecule has 1 amide bonds. The topological polar surface area (TPSA) is 43.1 Å². The van der Waals surface area contributed by atoms with E-state index in [4.69, 9.17) is 5.73 Å². The van der Waals surface area contributed by atoms with Gasteiger partial charge >= 0.3 is 0 Å². The van der Waals surface area contributed by atoms with Crippen molar-refractivity contribution in [2.24, 2.45) is 11.7 Å². The van der Waals surface area contributed by atoms with Crippen molar-refractivity contribution in [1.82, 2.24) is 0 Å². The first-order valence-electron chi connectivity index (χ1n) is 6.04. The van der Waals surface area contributed by atoms with E-state index in [-0.39, 0.29) is 5.91 Å². The standard InChI is InChI=1S/C14H21NO/c1-2-6-13(11-14(15)16)10-9-12-7-4-3-5-8-12/h3-5,7-8,13H,2,6,9-11H2,1H3,(H2,15,16). The Balaban J connectivity index is 2.40. The molecule has 1 atom stereocenters. The zero-order valence-corrected chi connectivity index (χ0v) is 9.99. The van der Waals surface area contributed by atoms with E-state index in [1.165, 1.54) is 5.56 Å².